The van der Waals surface area contributed by atoms with Crippen molar-refractivity contribution in [3.63, 3.8) is 0 Å². The molecule has 5 heteroatoms. The summed E-state index contributed by atoms with van der Waals surface area (Å²) in [5.74, 6) is 0. The molecular formula is C15H18N2O2S. The van der Waals surface area contributed by atoms with Crippen LogP contribution in [-0.2, 0) is 6.54 Å². The van der Waals surface area contributed by atoms with Crippen LogP contribution in [0.2, 0.25) is 0 Å². The van der Waals surface area contributed by atoms with Crippen LogP contribution < -0.4 is 15.7 Å². The van der Waals surface area contributed by atoms with Gasteiger partial charge in [0.1, 0.15) is 0 Å². The van der Waals surface area contributed by atoms with Crippen LogP contribution in [0.4, 0.5) is 0 Å². The van der Waals surface area contributed by atoms with Gasteiger partial charge in [-0.15, -0.1) is 0 Å². The Hall–Kier alpha value is -1.72. The topological polar surface area (TPSA) is 51.1 Å². The van der Waals surface area contributed by atoms with Gasteiger partial charge in [-0.25, -0.2) is 0 Å². The SMILES string of the molecule is C=C(CNC(C)C)Cn1c(=O)sc2ccccc2c1=O. The number of nitrogens with zero attached hydrogens (tertiary/aromatic N) is 1. The first kappa shape index (κ1) is 14.7. The molecular weight excluding hydrogens is 272 g/mol. The van der Waals surface area contributed by atoms with Gasteiger partial charge in [-0.2, -0.15) is 0 Å². The van der Waals surface area contributed by atoms with Crippen LogP contribution in [0.25, 0.3) is 10.1 Å². The first-order chi connectivity index (χ1) is 9.49. The minimum absolute atomic E-state index is 0.237. The second-order valence-corrected chi connectivity index (χ2v) is 6.03. The van der Waals surface area contributed by atoms with Gasteiger partial charge in [-0.3, -0.25) is 14.2 Å². The van der Waals surface area contributed by atoms with Gasteiger partial charge in [0.05, 0.1) is 11.9 Å². The molecule has 0 fully saturated rings. The summed E-state index contributed by atoms with van der Waals surface area (Å²) in [5, 5.41) is 3.81. The van der Waals surface area contributed by atoms with Crippen LogP contribution >= 0.6 is 11.3 Å². The Balaban J connectivity index is 2.33. The van der Waals surface area contributed by atoms with Crippen molar-refractivity contribution in [2.45, 2.75) is 26.4 Å². The van der Waals surface area contributed by atoms with Gasteiger partial charge in [0.25, 0.3) is 5.56 Å². The van der Waals surface area contributed by atoms with Crippen LogP contribution in [0, 0.1) is 0 Å². The van der Waals surface area contributed by atoms with Crippen molar-refractivity contribution < 1.29 is 0 Å². The van der Waals surface area contributed by atoms with Crippen LogP contribution in [-0.4, -0.2) is 17.2 Å². The molecule has 0 amide bonds. The molecule has 106 valence electrons. The summed E-state index contributed by atoms with van der Waals surface area (Å²) in [6, 6.07) is 7.52. The number of fused-ring (bicyclic) bond motifs is 1. The Labute approximate surface area is 121 Å². The van der Waals surface area contributed by atoms with Gasteiger partial charge in [0, 0.05) is 17.3 Å². The highest BCUT2D eigenvalue weighted by atomic mass is 32.1. The molecule has 4 nitrogen and oxygen atoms in total. The van der Waals surface area contributed by atoms with E-state index in [0.717, 1.165) is 21.6 Å². The third-order valence-corrected chi connectivity index (χ3v) is 3.89. The quantitative estimate of drug-likeness (QED) is 0.857. The molecule has 0 aliphatic heterocycles. The van der Waals surface area contributed by atoms with Gasteiger partial charge >= 0.3 is 4.87 Å². The van der Waals surface area contributed by atoms with E-state index < -0.39 is 0 Å². The molecule has 2 aromatic rings. The van der Waals surface area contributed by atoms with Gasteiger partial charge in [-0.1, -0.05) is 43.9 Å². The number of hydrogen-bond donors (Lipinski definition) is 1. The molecule has 0 radical (unpaired) electrons. The number of aromatic nitrogens is 1. The largest absolute Gasteiger partial charge is 0.311 e. The predicted octanol–water partition coefficient (Wildman–Crippen LogP) is 1.98. The summed E-state index contributed by atoms with van der Waals surface area (Å²) in [6.45, 7) is 8.87. The third-order valence-electron chi connectivity index (χ3n) is 2.92. The third kappa shape index (κ3) is 3.23. The number of hydrogen-bond acceptors (Lipinski definition) is 4. The number of rotatable bonds is 5. The maximum atomic E-state index is 12.3. The van der Waals surface area contributed by atoms with Crippen molar-refractivity contribution >= 4 is 21.4 Å². The summed E-state index contributed by atoms with van der Waals surface area (Å²) in [5.41, 5.74) is 0.579. The molecule has 0 saturated heterocycles. The van der Waals surface area contributed by atoms with Crippen LogP contribution in [0.3, 0.4) is 0 Å². The Bertz CT molecular complexity index is 743. The Kier molecular flexibility index (Phi) is 4.52. The van der Waals surface area contributed by atoms with E-state index in [1.54, 1.807) is 18.2 Å². The Morgan fingerprint density at radius 1 is 1.35 bits per heavy atom. The predicted molar refractivity (Wildman–Crippen MR) is 84.6 cm³/mol. The van der Waals surface area contributed by atoms with E-state index in [1.165, 1.54) is 4.57 Å². The minimum atomic E-state index is -0.241. The molecule has 0 aliphatic carbocycles. The molecule has 1 aromatic carbocycles. The molecule has 0 bridgehead atoms. The summed E-state index contributed by atoms with van der Waals surface area (Å²) in [6.07, 6.45) is 0. The van der Waals surface area contributed by atoms with Crippen molar-refractivity contribution in [1.29, 1.82) is 0 Å². The summed E-state index contributed by atoms with van der Waals surface area (Å²) in [4.78, 5) is 24.1. The second kappa shape index (κ2) is 6.15. The molecule has 0 saturated carbocycles. The zero-order valence-corrected chi connectivity index (χ0v) is 12.5. The number of benzene rings is 1. The Morgan fingerprint density at radius 2 is 2.05 bits per heavy atom. The van der Waals surface area contributed by atoms with E-state index in [0.29, 0.717) is 18.0 Å². The van der Waals surface area contributed by atoms with Crippen LogP contribution in [0.15, 0.2) is 46.0 Å². The van der Waals surface area contributed by atoms with E-state index >= 15 is 0 Å². The zero-order valence-electron chi connectivity index (χ0n) is 11.7. The van der Waals surface area contributed by atoms with Gasteiger partial charge in [0.15, 0.2) is 0 Å². The molecule has 20 heavy (non-hydrogen) atoms. The van der Waals surface area contributed by atoms with Crippen molar-refractivity contribution in [3.8, 4) is 0 Å². The minimum Gasteiger partial charge on any atom is -0.311 e. The van der Waals surface area contributed by atoms with Crippen LogP contribution in [0.1, 0.15) is 13.8 Å². The van der Waals surface area contributed by atoms with Crippen LogP contribution in [0.5, 0.6) is 0 Å². The molecule has 1 N–H and O–H groups in total. The van der Waals surface area contributed by atoms with Crippen molar-refractivity contribution in [3.05, 3.63) is 56.4 Å². The van der Waals surface area contributed by atoms with E-state index in [9.17, 15) is 9.59 Å². The van der Waals surface area contributed by atoms with E-state index in [1.807, 2.05) is 19.9 Å². The molecule has 0 spiro atoms. The lowest BCUT2D eigenvalue weighted by molar-refractivity contribution is 0.599. The lowest BCUT2D eigenvalue weighted by atomic mass is 10.2. The van der Waals surface area contributed by atoms with Crippen molar-refractivity contribution in [1.82, 2.24) is 9.88 Å². The summed E-state index contributed by atoms with van der Waals surface area (Å²) in [7, 11) is 0. The summed E-state index contributed by atoms with van der Waals surface area (Å²) >= 11 is 1.09. The first-order valence-electron chi connectivity index (χ1n) is 6.51. The first-order valence-corrected chi connectivity index (χ1v) is 7.33. The van der Waals surface area contributed by atoms with E-state index in [2.05, 4.69) is 11.9 Å². The monoisotopic (exact) mass is 290 g/mol. The lowest BCUT2D eigenvalue weighted by Gasteiger charge is -2.11. The maximum absolute atomic E-state index is 12.3. The highest BCUT2D eigenvalue weighted by Crippen LogP contribution is 2.11. The average Bonchev–Trinajstić information content (AvgIpc) is 2.41. The molecule has 0 unspecified atom stereocenters. The maximum Gasteiger partial charge on any atom is 0.310 e. The normalized spacial score (nSPS) is 11.2. The molecule has 0 aliphatic rings. The fourth-order valence-electron chi connectivity index (χ4n) is 1.87. The van der Waals surface area contributed by atoms with Crippen molar-refractivity contribution in [2.24, 2.45) is 0 Å². The molecule has 1 heterocycles. The van der Waals surface area contributed by atoms with Crippen molar-refractivity contribution in [2.75, 3.05) is 6.54 Å². The molecule has 1 aromatic heterocycles. The molecule has 2 rings (SSSR count). The zero-order chi connectivity index (χ0) is 14.7. The fourth-order valence-corrected chi connectivity index (χ4v) is 2.73. The van der Waals surface area contributed by atoms with E-state index in [4.69, 9.17) is 0 Å². The van der Waals surface area contributed by atoms with Gasteiger partial charge in [-0.05, 0) is 17.7 Å². The van der Waals surface area contributed by atoms with Gasteiger partial charge < -0.3 is 5.32 Å². The standard InChI is InChI=1S/C15H18N2O2S/c1-10(2)16-8-11(3)9-17-14(18)12-6-4-5-7-13(12)20-15(17)19/h4-7,10,16H,3,8-9H2,1-2H3. The highest BCUT2D eigenvalue weighted by molar-refractivity contribution is 7.16. The smallest absolute Gasteiger partial charge is 0.310 e. The second-order valence-electron chi connectivity index (χ2n) is 5.04. The summed E-state index contributed by atoms with van der Waals surface area (Å²) < 4.78 is 1.99. The average molecular weight is 290 g/mol. The highest BCUT2D eigenvalue weighted by Gasteiger charge is 2.08. The Morgan fingerprint density at radius 3 is 2.75 bits per heavy atom. The number of nitrogens with one attached hydrogen (secondary N) is 1. The van der Waals surface area contributed by atoms with E-state index in [-0.39, 0.29) is 17.0 Å². The fraction of sp³-hybridized carbons (Fsp3) is 0.333. The van der Waals surface area contributed by atoms with Gasteiger partial charge in [0.2, 0.25) is 0 Å². The molecule has 0 atom stereocenters. The lowest BCUT2D eigenvalue weighted by Crippen LogP contribution is -2.34.